The van der Waals surface area contributed by atoms with Crippen LogP contribution < -0.4 is 4.74 Å². The van der Waals surface area contributed by atoms with E-state index in [1.165, 1.54) is 0 Å². The van der Waals surface area contributed by atoms with E-state index in [1.807, 2.05) is 6.07 Å². The monoisotopic (exact) mass is 209 g/mol. The van der Waals surface area contributed by atoms with Crippen molar-refractivity contribution in [3.63, 3.8) is 0 Å². The summed E-state index contributed by atoms with van der Waals surface area (Å²) in [7, 11) is 0. The first-order valence-electron chi connectivity index (χ1n) is 4.46. The molecule has 0 aliphatic heterocycles. The zero-order valence-corrected chi connectivity index (χ0v) is 9.01. The number of ether oxygens (including phenoxy) is 1. The summed E-state index contributed by atoms with van der Waals surface area (Å²) < 4.78 is 5.46. The van der Waals surface area contributed by atoms with Crippen molar-refractivity contribution in [3.05, 3.63) is 28.8 Å². The molecule has 74 valence electrons. The normalized spacial score (nSPS) is 9.93. The molecule has 2 nitrogen and oxygen atoms in total. The Morgan fingerprint density at radius 3 is 2.79 bits per heavy atom. The summed E-state index contributed by atoms with van der Waals surface area (Å²) in [6.07, 6.45) is 0. The van der Waals surface area contributed by atoms with E-state index in [0.717, 1.165) is 0 Å². The molecule has 1 aromatic rings. The predicted octanol–water partition coefficient (Wildman–Crippen LogP) is 3.25. The van der Waals surface area contributed by atoms with Crippen molar-refractivity contribution in [1.82, 2.24) is 0 Å². The van der Waals surface area contributed by atoms with E-state index in [4.69, 9.17) is 21.6 Å². The molecular weight excluding hydrogens is 198 g/mol. The Kier molecular flexibility index (Phi) is 3.79. The summed E-state index contributed by atoms with van der Waals surface area (Å²) in [4.78, 5) is 0. The lowest BCUT2D eigenvalue weighted by atomic mass is 10.2. The van der Waals surface area contributed by atoms with Gasteiger partial charge in [-0.1, -0.05) is 31.5 Å². The van der Waals surface area contributed by atoms with Crippen molar-refractivity contribution >= 4 is 11.6 Å². The minimum atomic E-state index is 0.412. The van der Waals surface area contributed by atoms with Crippen LogP contribution in [-0.4, -0.2) is 6.61 Å². The van der Waals surface area contributed by atoms with Crippen LogP contribution in [0.25, 0.3) is 0 Å². The van der Waals surface area contributed by atoms with Gasteiger partial charge in [0.05, 0.1) is 11.6 Å². The summed E-state index contributed by atoms with van der Waals surface area (Å²) >= 11 is 5.84. The van der Waals surface area contributed by atoms with E-state index in [1.54, 1.807) is 18.2 Å². The highest BCUT2D eigenvalue weighted by Gasteiger charge is 2.07. The van der Waals surface area contributed by atoms with E-state index in [-0.39, 0.29) is 0 Å². The van der Waals surface area contributed by atoms with Gasteiger partial charge >= 0.3 is 0 Å². The molecule has 0 unspecified atom stereocenters. The van der Waals surface area contributed by atoms with E-state index in [9.17, 15) is 0 Å². The van der Waals surface area contributed by atoms with E-state index in [2.05, 4.69) is 13.8 Å². The molecule has 0 radical (unpaired) electrons. The Morgan fingerprint density at radius 1 is 1.50 bits per heavy atom. The quantitative estimate of drug-likeness (QED) is 0.766. The van der Waals surface area contributed by atoms with Gasteiger partial charge in [0, 0.05) is 0 Å². The number of rotatable bonds is 3. The van der Waals surface area contributed by atoms with Gasteiger partial charge in [-0.25, -0.2) is 0 Å². The van der Waals surface area contributed by atoms with Gasteiger partial charge in [0.2, 0.25) is 0 Å². The van der Waals surface area contributed by atoms with Gasteiger partial charge in [-0.3, -0.25) is 0 Å². The van der Waals surface area contributed by atoms with Crippen LogP contribution in [0, 0.1) is 17.2 Å². The fraction of sp³-hybridized carbons (Fsp3) is 0.364. The molecule has 3 heteroatoms. The molecule has 14 heavy (non-hydrogen) atoms. The second-order valence-electron chi connectivity index (χ2n) is 3.43. The van der Waals surface area contributed by atoms with Gasteiger partial charge in [-0.05, 0) is 18.1 Å². The molecule has 0 saturated heterocycles. The van der Waals surface area contributed by atoms with Crippen molar-refractivity contribution in [2.24, 2.45) is 5.92 Å². The molecule has 0 amide bonds. The molecule has 0 saturated carbocycles. The Bertz CT molecular complexity index is 355. The molecule has 0 bridgehead atoms. The van der Waals surface area contributed by atoms with E-state index >= 15 is 0 Å². The van der Waals surface area contributed by atoms with Crippen LogP contribution in [0.3, 0.4) is 0 Å². The maximum Gasteiger partial charge on any atom is 0.138 e. The maximum absolute atomic E-state index is 8.85. The molecule has 0 fully saturated rings. The average molecular weight is 210 g/mol. The van der Waals surface area contributed by atoms with Crippen LogP contribution in [0.5, 0.6) is 5.75 Å². The van der Waals surface area contributed by atoms with Crippen LogP contribution in [-0.2, 0) is 0 Å². The first-order valence-corrected chi connectivity index (χ1v) is 4.84. The Hall–Kier alpha value is -1.20. The number of halogens is 1. The molecule has 0 atom stereocenters. The molecule has 0 spiro atoms. The number of benzene rings is 1. The van der Waals surface area contributed by atoms with Crippen LogP contribution in [0.4, 0.5) is 0 Å². The predicted molar refractivity (Wildman–Crippen MR) is 56.5 cm³/mol. The second kappa shape index (κ2) is 4.88. The summed E-state index contributed by atoms with van der Waals surface area (Å²) in [6, 6.07) is 7.25. The van der Waals surface area contributed by atoms with Gasteiger partial charge in [0.25, 0.3) is 0 Å². The van der Waals surface area contributed by atoms with Crippen LogP contribution >= 0.6 is 11.6 Å². The minimum Gasteiger partial charge on any atom is -0.492 e. The minimum absolute atomic E-state index is 0.412. The van der Waals surface area contributed by atoms with E-state index in [0.29, 0.717) is 28.9 Å². The maximum atomic E-state index is 8.85. The van der Waals surface area contributed by atoms with Crippen molar-refractivity contribution in [2.75, 3.05) is 6.61 Å². The molecule has 0 N–H and O–H groups in total. The van der Waals surface area contributed by atoms with Gasteiger partial charge in [-0.2, -0.15) is 5.26 Å². The van der Waals surface area contributed by atoms with Crippen molar-refractivity contribution < 1.29 is 4.74 Å². The molecule has 1 rings (SSSR count). The van der Waals surface area contributed by atoms with Crippen molar-refractivity contribution in [2.45, 2.75) is 13.8 Å². The third-order valence-corrected chi connectivity index (χ3v) is 1.97. The molecular formula is C11H12ClNO. The van der Waals surface area contributed by atoms with Crippen molar-refractivity contribution in [1.29, 1.82) is 5.26 Å². The summed E-state index contributed by atoms with van der Waals surface area (Å²) in [5.41, 5.74) is 0.412. The third-order valence-electron chi connectivity index (χ3n) is 1.66. The SMILES string of the molecule is CC(C)COc1cccc(Cl)c1C#N. The van der Waals surface area contributed by atoms with Gasteiger partial charge in [0.15, 0.2) is 0 Å². The molecule has 0 aliphatic rings. The van der Waals surface area contributed by atoms with Crippen LogP contribution in [0.2, 0.25) is 5.02 Å². The summed E-state index contributed by atoms with van der Waals surface area (Å²) in [6.45, 7) is 4.70. The van der Waals surface area contributed by atoms with Crippen LogP contribution in [0.1, 0.15) is 19.4 Å². The molecule has 0 aromatic heterocycles. The molecule has 1 aromatic carbocycles. The Balaban J connectivity index is 2.87. The van der Waals surface area contributed by atoms with Gasteiger partial charge in [-0.15, -0.1) is 0 Å². The molecule has 0 heterocycles. The third kappa shape index (κ3) is 2.65. The largest absolute Gasteiger partial charge is 0.492 e. The molecule has 0 aliphatic carbocycles. The smallest absolute Gasteiger partial charge is 0.138 e. The first-order chi connectivity index (χ1) is 6.65. The zero-order chi connectivity index (χ0) is 10.6. The topological polar surface area (TPSA) is 33.0 Å². The van der Waals surface area contributed by atoms with Crippen LogP contribution in [0.15, 0.2) is 18.2 Å². The number of hydrogen-bond acceptors (Lipinski definition) is 2. The lowest BCUT2D eigenvalue weighted by molar-refractivity contribution is 0.270. The highest BCUT2D eigenvalue weighted by Crippen LogP contribution is 2.25. The Labute approximate surface area is 89.1 Å². The summed E-state index contributed by atoms with van der Waals surface area (Å²) in [5, 5.41) is 9.29. The average Bonchev–Trinajstić information content (AvgIpc) is 2.14. The lowest BCUT2D eigenvalue weighted by Crippen LogP contribution is -2.05. The second-order valence-corrected chi connectivity index (χ2v) is 3.84. The number of nitrogens with zero attached hydrogens (tertiary/aromatic N) is 1. The highest BCUT2D eigenvalue weighted by atomic mass is 35.5. The standard InChI is InChI=1S/C11H12ClNO/c1-8(2)7-14-11-5-3-4-10(12)9(11)6-13/h3-5,8H,7H2,1-2H3. The lowest BCUT2D eigenvalue weighted by Gasteiger charge is -2.10. The van der Waals surface area contributed by atoms with Gasteiger partial charge < -0.3 is 4.74 Å². The highest BCUT2D eigenvalue weighted by molar-refractivity contribution is 6.31. The van der Waals surface area contributed by atoms with Gasteiger partial charge in [0.1, 0.15) is 17.4 Å². The Morgan fingerprint density at radius 2 is 2.21 bits per heavy atom. The fourth-order valence-corrected chi connectivity index (χ4v) is 1.20. The first kappa shape index (κ1) is 10.9. The summed E-state index contributed by atoms with van der Waals surface area (Å²) in [5.74, 6) is 0.995. The fourth-order valence-electron chi connectivity index (χ4n) is 0.990. The van der Waals surface area contributed by atoms with E-state index < -0.39 is 0 Å². The van der Waals surface area contributed by atoms with Crippen molar-refractivity contribution in [3.8, 4) is 11.8 Å². The number of nitriles is 1. The number of hydrogen-bond donors (Lipinski definition) is 0. The zero-order valence-electron chi connectivity index (χ0n) is 8.25.